The molecule has 0 saturated carbocycles. The van der Waals surface area contributed by atoms with Gasteiger partial charge in [-0.3, -0.25) is 4.79 Å². The zero-order valence-corrected chi connectivity index (χ0v) is 20.6. The first-order chi connectivity index (χ1) is 16.4. The predicted octanol–water partition coefficient (Wildman–Crippen LogP) is 6.58. The highest BCUT2D eigenvalue weighted by Gasteiger charge is 2.22. The maximum Gasteiger partial charge on any atom is 0.258 e. The third-order valence-corrected chi connectivity index (χ3v) is 4.67. The molecule has 2 heterocycles. The summed E-state index contributed by atoms with van der Waals surface area (Å²) >= 11 is 6.18. The van der Waals surface area contributed by atoms with Gasteiger partial charge in [-0.1, -0.05) is 45.4 Å². The van der Waals surface area contributed by atoms with E-state index in [1.165, 1.54) is 18.6 Å². The van der Waals surface area contributed by atoms with Crippen molar-refractivity contribution in [2.24, 2.45) is 0 Å². The SMILES string of the molecule is C=C(CCOc1ccc(F)cn1)N(CCC)C(=O)c1cc(Cl)ccc1-c1ncccn1.CCC. The van der Waals surface area contributed by atoms with E-state index in [1.807, 2.05) is 6.92 Å². The molecule has 0 unspecified atom stereocenters. The van der Waals surface area contributed by atoms with Crippen molar-refractivity contribution in [3.05, 3.63) is 83.7 Å². The highest BCUT2D eigenvalue weighted by atomic mass is 35.5. The van der Waals surface area contributed by atoms with E-state index in [0.29, 0.717) is 46.5 Å². The van der Waals surface area contributed by atoms with Gasteiger partial charge in [0.1, 0.15) is 5.82 Å². The average molecular weight is 485 g/mol. The van der Waals surface area contributed by atoms with Crippen LogP contribution in [0.3, 0.4) is 0 Å². The van der Waals surface area contributed by atoms with Crippen LogP contribution in [0.15, 0.2) is 67.3 Å². The van der Waals surface area contributed by atoms with Gasteiger partial charge in [-0.25, -0.2) is 19.3 Å². The van der Waals surface area contributed by atoms with Gasteiger partial charge in [-0.2, -0.15) is 0 Å². The Labute approximate surface area is 205 Å². The first kappa shape index (κ1) is 26.9. The lowest BCUT2D eigenvalue weighted by Crippen LogP contribution is -2.32. The minimum atomic E-state index is -0.434. The number of carbonyl (C=O) groups is 1. The third kappa shape index (κ3) is 7.92. The van der Waals surface area contributed by atoms with Crippen LogP contribution in [0.4, 0.5) is 4.39 Å². The Bertz CT molecular complexity index is 1060. The molecule has 0 atom stereocenters. The topological polar surface area (TPSA) is 68.2 Å². The molecule has 0 radical (unpaired) electrons. The van der Waals surface area contributed by atoms with Crippen LogP contribution in [-0.2, 0) is 0 Å². The number of carbonyl (C=O) groups excluding carboxylic acids is 1. The molecule has 0 aliphatic heterocycles. The molecule has 8 heteroatoms. The average Bonchev–Trinajstić information content (AvgIpc) is 2.84. The van der Waals surface area contributed by atoms with Gasteiger partial charge in [-0.05, 0) is 36.8 Å². The minimum Gasteiger partial charge on any atom is -0.477 e. The van der Waals surface area contributed by atoms with Crippen LogP contribution >= 0.6 is 11.6 Å². The van der Waals surface area contributed by atoms with E-state index in [9.17, 15) is 9.18 Å². The molecule has 180 valence electrons. The van der Waals surface area contributed by atoms with Crippen molar-refractivity contribution in [3.8, 4) is 17.3 Å². The smallest absolute Gasteiger partial charge is 0.258 e. The molecule has 0 saturated heterocycles. The fourth-order valence-corrected chi connectivity index (χ4v) is 3.13. The van der Waals surface area contributed by atoms with E-state index in [0.717, 1.165) is 12.6 Å². The van der Waals surface area contributed by atoms with Crippen molar-refractivity contribution >= 4 is 17.5 Å². The molecule has 2 aromatic heterocycles. The Hall–Kier alpha value is -3.32. The van der Waals surface area contributed by atoms with Crippen LogP contribution in [0.2, 0.25) is 5.02 Å². The summed E-state index contributed by atoms with van der Waals surface area (Å²) in [6.45, 7) is 11.0. The molecule has 0 spiro atoms. The minimum absolute atomic E-state index is 0.239. The van der Waals surface area contributed by atoms with Crippen molar-refractivity contribution in [1.29, 1.82) is 0 Å². The molecule has 1 amide bonds. The Morgan fingerprint density at radius 2 is 1.82 bits per heavy atom. The predicted molar refractivity (Wildman–Crippen MR) is 133 cm³/mol. The molecular formula is C26H30ClFN4O2. The number of halogens is 2. The van der Waals surface area contributed by atoms with Gasteiger partial charge in [0.05, 0.1) is 18.4 Å². The lowest BCUT2D eigenvalue weighted by Gasteiger charge is -2.25. The van der Waals surface area contributed by atoms with Gasteiger partial charge in [0, 0.05) is 47.7 Å². The van der Waals surface area contributed by atoms with E-state index in [2.05, 4.69) is 35.4 Å². The number of pyridine rings is 1. The summed E-state index contributed by atoms with van der Waals surface area (Å²) in [4.78, 5) is 27.4. The van der Waals surface area contributed by atoms with Crippen LogP contribution in [0.5, 0.6) is 5.88 Å². The summed E-state index contributed by atoms with van der Waals surface area (Å²) in [6.07, 6.45) is 6.71. The summed E-state index contributed by atoms with van der Waals surface area (Å²) in [5.41, 5.74) is 1.58. The summed E-state index contributed by atoms with van der Waals surface area (Å²) < 4.78 is 18.5. The molecular weight excluding hydrogens is 455 g/mol. The van der Waals surface area contributed by atoms with Crippen molar-refractivity contribution in [2.75, 3.05) is 13.2 Å². The standard InChI is InChI=1S/C23H22ClFN4O2.C3H8/c1-3-12-29(16(2)9-13-31-21-8-6-18(25)15-28-21)23(30)20-14-17(24)5-7-19(20)22-26-10-4-11-27-22;1-3-2/h4-8,10-11,14-15H,2-3,9,12-13H2,1H3;3H2,1-2H3. The van der Waals surface area contributed by atoms with E-state index in [4.69, 9.17) is 16.3 Å². The van der Waals surface area contributed by atoms with Crippen LogP contribution in [0, 0.1) is 5.82 Å². The lowest BCUT2D eigenvalue weighted by atomic mass is 10.0. The molecule has 1 aromatic carbocycles. The molecule has 3 rings (SSSR count). The van der Waals surface area contributed by atoms with Crippen molar-refractivity contribution in [2.45, 2.75) is 40.0 Å². The summed E-state index contributed by atoms with van der Waals surface area (Å²) in [5, 5.41) is 0.441. The number of ether oxygens (including phenoxy) is 1. The van der Waals surface area contributed by atoms with Crippen LogP contribution in [0.25, 0.3) is 11.4 Å². The molecule has 0 aliphatic rings. The molecule has 34 heavy (non-hydrogen) atoms. The first-order valence-electron chi connectivity index (χ1n) is 11.2. The number of nitrogens with zero attached hydrogens (tertiary/aromatic N) is 4. The Balaban J connectivity index is 0.00000129. The number of benzene rings is 1. The maximum absolute atomic E-state index is 13.4. The Morgan fingerprint density at radius 1 is 1.12 bits per heavy atom. The van der Waals surface area contributed by atoms with E-state index in [-0.39, 0.29) is 12.5 Å². The fourth-order valence-electron chi connectivity index (χ4n) is 2.95. The highest BCUT2D eigenvalue weighted by molar-refractivity contribution is 6.31. The quantitative estimate of drug-likeness (QED) is 0.343. The lowest BCUT2D eigenvalue weighted by molar-refractivity contribution is 0.0798. The van der Waals surface area contributed by atoms with Gasteiger partial charge < -0.3 is 9.64 Å². The summed E-state index contributed by atoms with van der Waals surface area (Å²) in [7, 11) is 0. The van der Waals surface area contributed by atoms with E-state index >= 15 is 0 Å². The van der Waals surface area contributed by atoms with Crippen molar-refractivity contribution in [3.63, 3.8) is 0 Å². The fraction of sp³-hybridized carbons (Fsp3) is 0.308. The molecule has 0 N–H and O–H groups in total. The Morgan fingerprint density at radius 3 is 2.44 bits per heavy atom. The number of hydrogen-bond acceptors (Lipinski definition) is 5. The van der Waals surface area contributed by atoms with Crippen molar-refractivity contribution in [1.82, 2.24) is 19.9 Å². The number of hydrogen-bond donors (Lipinski definition) is 0. The number of amides is 1. The second-order valence-corrected chi connectivity index (χ2v) is 7.84. The molecule has 0 fully saturated rings. The maximum atomic E-state index is 13.4. The number of aromatic nitrogens is 3. The highest BCUT2D eigenvalue weighted by Crippen LogP contribution is 2.26. The van der Waals surface area contributed by atoms with Gasteiger partial charge in [0.2, 0.25) is 5.88 Å². The van der Waals surface area contributed by atoms with Gasteiger partial charge >= 0.3 is 0 Å². The molecule has 0 bridgehead atoms. The van der Waals surface area contributed by atoms with Crippen LogP contribution in [0.1, 0.15) is 50.4 Å². The third-order valence-electron chi connectivity index (χ3n) is 4.43. The second kappa shape index (κ2) is 14.1. The molecule has 0 aliphatic carbocycles. The zero-order chi connectivity index (χ0) is 24.9. The largest absolute Gasteiger partial charge is 0.477 e. The van der Waals surface area contributed by atoms with Crippen LogP contribution < -0.4 is 4.74 Å². The monoisotopic (exact) mass is 484 g/mol. The normalized spacial score (nSPS) is 10.1. The molecule has 3 aromatic rings. The Kier molecular flexibility index (Phi) is 11.1. The van der Waals surface area contributed by atoms with Gasteiger partial charge in [0.15, 0.2) is 5.82 Å². The molecule has 6 nitrogen and oxygen atoms in total. The number of rotatable bonds is 9. The summed E-state index contributed by atoms with van der Waals surface area (Å²) in [6, 6.07) is 9.49. The van der Waals surface area contributed by atoms with Crippen molar-refractivity contribution < 1.29 is 13.9 Å². The second-order valence-electron chi connectivity index (χ2n) is 7.41. The van der Waals surface area contributed by atoms with Crippen LogP contribution in [-0.4, -0.2) is 38.9 Å². The van der Waals surface area contributed by atoms with Gasteiger partial charge in [-0.15, -0.1) is 0 Å². The van der Waals surface area contributed by atoms with E-state index in [1.54, 1.807) is 41.6 Å². The zero-order valence-electron chi connectivity index (χ0n) is 19.8. The van der Waals surface area contributed by atoms with E-state index < -0.39 is 5.82 Å². The van der Waals surface area contributed by atoms with Gasteiger partial charge in [0.25, 0.3) is 5.91 Å². The first-order valence-corrected chi connectivity index (χ1v) is 11.6. The summed E-state index contributed by atoms with van der Waals surface area (Å²) in [5.74, 6) is 0.0733.